The van der Waals surface area contributed by atoms with E-state index in [9.17, 15) is 9.59 Å². The summed E-state index contributed by atoms with van der Waals surface area (Å²) < 4.78 is 5.24. The molecule has 5 heteroatoms. The topological polar surface area (TPSA) is 49.9 Å². The SMILES string of the molecule is COc1ccc(N2C(=O)C3C(C2=O)C2c4ccccc4C3C3CCCCN32)cc1. The maximum absolute atomic E-state index is 13.6. The molecule has 0 spiro atoms. The van der Waals surface area contributed by atoms with Gasteiger partial charge < -0.3 is 4.74 Å². The number of hydrogen-bond acceptors (Lipinski definition) is 4. The molecular formula is C24H24N2O3. The number of amides is 2. The van der Waals surface area contributed by atoms with Crippen LogP contribution in [0.5, 0.6) is 5.75 Å². The van der Waals surface area contributed by atoms with Gasteiger partial charge in [0.25, 0.3) is 0 Å². The zero-order valence-electron chi connectivity index (χ0n) is 16.5. The Balaban J connectivity index is 1.48. The minimum atomic E-state index is -0.279. The summed E-state index contributed by atoms with van der Waals surface area (Å²) in [6.45, 7) is 1.02. The van der Waals surface area contributed by atoms with Crippen molar-refractivity contribution in [3.05, 3.63) is 59.7 Å². The number of carbonyl (C=O) groups is 2. The summed E-state index contributed by atoms with van der Waals surface area (Å²) in [6.07, 6.45) is 3.49. The van der Waals surface area contributed by atoms with E-state index in [1.807, 2.05) is 24.3 Å². The molecule has 3 fully saturated rings. The van der Waals surface area contributed by atoms with Crippen molar-refractivity contribution < 1.29 is 14.3 Å². The number of piperidine rings is 2. The average Bonchev–Trinajstić information content (AvgIpc) is 3.04. The molecule has 5 aliphatic rings. The van der Waals surface area contributed by atoms with E-state index in [2.05, 4.69) is 29.2 Å². The van der Waals surface area contributed by atoms with Gasteiger partial charge in [0.2, 0.25) is 11.8 Å². The highest BCUT2D eigenvalue weighted by Crippen LogP contribution is 2.61. The van der Waals surface area contributed by atoms with E-state index in [1.54, 1.807) is 7.11 Å². The average molecular weight is 388 g/mol. The van der Waals surface area contributed by atoms with Crippen LogP contribution in [0.3, 0.4) is 0 Å². The van der Waals surface area contributed by atoms with Gasteiger partial charge in [-0.25, -0.2) is 4.90 Å². The molecule has 5 atom stereocenters. The van der Waals surface area contributed by atoms with Gasteiger partial charge in [0.15, 0.2) is 0 Å². The van der Waals surface area contributed by atoms with Crippen molar-refractivity contribution in [2.24, 2.45) is 11.8 Å². The van der Waals surface area contributed by atoms with Gasteiger partial charge in [-0.3, -0.25) is 14.5 Å². The molecule has 0 radical (unpaired) electrons. The van der Waals surface area contributed by atoms with E-state index in [0.717, 1.165) is 18.7 Å². The molecule has 4 aliphatic heterocycles. The van der Waals surface area contributed by atoms with Gasteiger partial charge >= 0.3 is 0 Å². The van der Waals surface area contributed by atoms with E-state index < -0.39 is 0 Å². The molecule has 3 saturated heterocycles. The first-order valence-electron chi connectivity index (χ1n) is 10.6. The third-order valence-electron chi connectivity index (χ3n) is 7.49. The van der Waals surface area contributed by atoms with Crippen LogP contribution in [0.4, 0.5) is 5.69 Å². The van der Waals surface area contributed by atoms with Crippen LogP contribution in [0.2, 0.25) is 0 Å². The molecule has 5 unspecified atom stereocenters. The van der Waals surface area contributed by atoms with Crippen LogP contribution < -0.4 is 9.64 Å². The Bertz CT molecular complexity index is 944. The number of anilines is 1. The molecule has 0 saturated carbocycles. The smallest absolute Gasteiger partial charge is 0.239 e. The van der Waals surface area contributed by atoms with Gasteiger partial charge in [-0.15, -0.1) is 0 Å². The van der Waals surface area contributed by atoms with Crippen LogP contribution in [0.15, 0.2) is 48.5 Å². The first-order chi connectivity index (χ1) is 14.2. The lowest BCUT2D eigenvalue weighted by Gasteiger charge is -2.57. The number of nitrogens with zero attached hydrogens (tertiary/aromatic N) is 2. The van der Waals surface area contributed by atoms with Crippen molar-refractivity contribution in [3.63, 3.8) is 0 Å². The minimum Gasteiger partial charge on any atom is -0.497 e. The summed E-state index contributed by atoms with van der Waals surface area (Å²) in [4.78, 5) is 31.2. The Morgan fingerprint density at radius 2 is 1.59 bits per heavy atom. The molecule has 0 N–H and O–H groups in total. The van der Waals surface area contributed by atoms with Crippen LogP contribution in [0.25, 0.3) is 0 Å². The van der Waals surface area contributed by atoms with Gasteiger partial charge in [-0.05, 0) is 54.8 Å². The van der Waals surface area contributed by atoms with Crippen molar-refractivity contribution in [2.75, 3.05) is 18.6 Å². The summed E-state index contributed by atoms with van der Waals surface area (Å²) in [5, 5.41) is 0. The molecule has 7 rings (SSSR count). The molecule has 0 aromatic heterocycles. The lowest BCUT2D eigenvalue weighted by Crippen LogP contribution is -2.59. The molecule has 2 bridgehead atoms. The molecule has 2 aromatic rings. The predicted octanol–water partition coefficient (Wildman–Crippen LogP) is 3.51. The molecule has 4 heterocycles. The van der Waals surface area contributed by atoms with E-state index in [4.69, 9.17) is 4.74 Å². The minimum absolute atomic E-state index is 0.0196. The number of rotatable bonds is 2. The summed E-state index contributed by atoms with van der Waals surface area (Å²) in [6, 6.07) is 16.1. The van der Waals surface area contributed by atoms with Crippen LogP contribution in [-0.4, -0.2) is 36.4 Å². The third kappa shape index (κ3) is 2.19. The predicted molar refractivity (Wildman–Crippen MR) is 109 cm³/mol. The van der Waals surface area contributed by atoms with E-state index >= 15 is 0 Å². The Kier molecular flexibility index (Phi) is 3.66. The third-order valence-corrected chi connectivity index (χ3v) is 7.49. The highest BCUT2D eigenvalue weighted by atomic mass is 16.5. The summed E-state index contributed by atoms with van der Waals surface area (Å²) in [7, 11) is 1.61. The first-order valence-corrected chi connectivity index (χ1v) is 10.6. The highest BCUT2D eigenvalue weighted by molar-refractivity contribution is 6.23. The fourth-order valence-corrected chi connectivity index (χ4v) is 6.42. The Hall–Kier alpha value is -2.66. The Morgan fingerprint density at radius 1 is 0.862 bits per heavy atom. The van der Waals surface area contributed by atoms with Gasteiger partial charge in [-0.2, -0.15) is 0 Å². The highest BCUT2D eigenvalue weighted by Gasteiger charge is 2.65. The summed E-state index contributed by atoms with van der Waals surface area (Å²) in [5.74, 6) is 0.234. The summed E-state index contributed by atoms with van der Waals surface area (Å²) >= 11 is 0. The van der Waals surface area contributed by atoms with Gasteiger partial charge in [0.1, 0.15) is 5.75 Å². The van der Waals surface area contributed by atoms with E-state index in [-0.39, 0.29) is 35.6 Å². The van der Waals surface area contributed by atoms with Crippen LogP contribution in [-0.2, 0) is 9.59 Å². The second-order valence-corrected chi connectivity index (χ2v) is 8.66. The number of carbonyl (C=O) groups excluding carboxylic acids is 2. The molecular weight excluding hydrogens is 364 g/mol. The van der Waals surface area contributed by atoms with Crippen molar-refractivity contribution in [3.8, 4) is 5.75 Å². The van der Waals surface area contributed by atoms with Gasteiger partial charge in [0.05, 0.1) is 24.6 Å². The Labute approximate surface area is 170 Å². The Morgan fingerprint density at radius 3 is 2.34 bits per heavy atom. The fourth-order valence-electron chi connectivity index (χ4n) is 6.42. The van der Waals surface area contributed by atoms with E-state index in [0.29, 0.717) is 11.7 Å². The van der Waals surface area contributed by atoms with Crippen molar-refractivity contribution in [1.82, 2.24) is 4.90 Å². The quantitative estimate of drug-likeness (QED) is 0.739. The molecule has 148 valence electrons. The lowest BCUT2D eigenvalue weighted by molar-refractivity contribution is -0.133. The van der Waals surface area contributed by atoms with Crippen LogP contribution >= 0.6 is 0 Å². The normalized spacial score (nSPS) is 32.7. The zero-order valence-corrected chi connectivity index (χ0v) is 16.5. The van der Waals surface area contributed by atoms with Crippen molar-refractivity contribution >= 4 is 17.5 Å². The molecule has 5 nitrogen and oxygen atoms in total. The number of hydrogen-bond donors (Lipinski definition) is 0. The van der Waals surface area contributed by atoms with Gasteiger partial charge in [-0.1, -0.05) is 30.7 Å². The van der Waals surface area contributed by atoms with Crippen molar-refractivity contribution in [1.29, 1.82) is 0 Å². The monoisotopic (exact) mass is 388 g/mol. The number of ether oxygens (including phenoxy) is 1. The maximum Gasteiger partial charge on any atom is 0.239 e. The van der Waals surface area contributed by atoms with Crippen LogP contribution in [0, 0.1) is 11.8 Å². The van der Waals surface area contributed by atoms with Gasteiger partial charge in [0, 0.05) is 18.0 Å². The summed E-state index contributed by atoms with van der Waals surface area (Å²) in [5.41, 5.74) is 3.20. The number of methoxy groups -OCH3 is 1. The lowest BCUT2D eigenvalue weighted by atomic mass is 9.59. The first kappa shape index (κ1) is 17.2. The van der Waals surface area contributed by atoms with E-state index in [1.165, 1.54) is 28.9 Å². The fraction of sp³-hybridized carbons (Fsp3) is 0.417. The largest absolute Gasteiger partial charge is 0.497 e. The number of benzene rings is 2. The number of imide groups is 1. The van der Waals surface area contributed by atoms with Crippen molar-refractivity contribution in [2.45, 2.75) is 37.3 Å². The molecule has 2 aromatic carbocycles. The molecule has 1 aliphatic carbocycles. The molecule has 29 heavy (non-hydrogen) atoms. The maximum atomic E-state index is 13.6. The van der Waals surface area contributed by atoms with Crippen LogP contribution in [0.1, 0.15) is 42.3 Å². The zero-order chi connectivity index (χ0) is 19.7. The standard InChI is InChI=1S/C24H24N2O3/c1-29-15-11-9-14(10-12-15)26-23(27)20-19-16-6-2-3-7-17(16)22(21(20)24(26)28)25-13-5-4-8-18(19)25/h2-3,6-7,9-12,18-22H,4-5,8,13H2,1H3. The molecule has 2 amide bonds. The second kappa shape index (κ2) is 6.17. The second-order valence-electron chi connectivity index (χ2n) is 8.66.